The predicted molar refractivity (Wildman–Crippen MR) is 85.9 cm³/mol. The van der Waals surface area contributed by atoms with Crippen LogP contribution in [0.3, 0.4) is 0 Å². The number of fused-ring (bicyclic) bond motifs is 1. The maximum Gasteiger partial charge on any atom is 0.224 e. The smallest absolute Gasteiger partial charge is 0.224 e. The summed E-state index contributed by atoms with van der Waals surface area (Å²) < 4.78 is 5.66. The molecule has 2 amide bonds. The molecule has 0 saturated heterocycles. The summed E-state index contributed by atoms with van der Waals surface area (Å²) >= 11 is 0. The molecule has 0 bridgehead atoms. The van der Waals surface area contributed by atoms with Gasteiger partial charge in [-0.1, -0.05) is 0 Å². The molecule has 0 fully saturated rings. The molecule has 4 N–H and O–H groups in total. The van der Waals surface area contributed by atoms with E-state index >= 15 is 0 Å². The van der Waals surface area contributed by atoms with Crippen molar-refractivity contribution in [2.24, 2.45) is 5.90 Å². The molecular weight excluding hydrogens is 298 g/mol. The van der Waals surface area contributed by atoms with E-state index in [9.17, 15) is 9.59 Å². The van der Waals surface area contributed by atoms with E-state index < -0.39 is 0 Å². The standard InChI is InChI=1S/C16H23N3O4/c17-23-10-2-8-18-15(20)3-1-9-22-13-5-6-14-12(11-13)4-7-16(21)19-14/h5-6,11H,1-4,7-10,17H2,(H,18,20)(H,19,21). The molecule has 126 valence electrons. The highest BCUT2D eigenvalue weighted by Crippen LogP contribution is 2.26. The van der Waals surface area contributed by atoms with Crippen LogP contribution in [0.4, 0.5) is 5.69 Å². The number of carbonyl (C=O) groups is 2. The van der Waals surface area contributed by atoms with E-state index in [1.807, 2.05) is 18.2 Å². The van der Waals surface area contributed by atoms with Crippen LogP contribution in [0, 0.1) is 0 Å². The van der Waals surface area contributed by atoms with Crippen LogP contribution in [0.15, 0.2) is 18.2 Å². The van der Waals surface area contributed by atoms with Crippen LogP contribution in [-0.2, 0) is 20.8 Å². The lowest BCUT2D eigenvalue weighted by molar-refractivity contribution is -0.121. The molecule has 0 saturated carbocycles. The van der Waals surface area contributed by atoms with E-state index in [0.717, 1.165) is 23.4 Å². The maximum absolute atomic E-state index is 11.6. The van der Waals surface area contributed by atoms with Crippen LogP contribution < -0.4 is 21.3 Å². The van der Waals surface area contributed by atoms with Crippen molar-refractivity contribution in [1.29, 1.82) is 0 Å². The van der Waals surface area contributed by atoms with Crippen LogP contribution >= 0.6 is 0 Å². The fourth-order valence-electron chi connectivity index (χ4n) is 2.34. The Morgan fingerprint density at radius 3 is 2.96 bits per heavy atom. The average molecular weight is 321 g/mol. The molecule has 7 nitrogen and oxygen atoms in total. The Morgan fingerprint density at radius 1 is 1.26 bits per heavy atom. The van der Waals surface area contributed by atoms with Crippen molar-refractivity contribution in [3.8, 4) is 5.75 Å². The summed E-state index contributed by atoms with van der Waals surface area (Å²) in [5, 5.41) is 5.62. The monoisotopic (exact) mass is 321 g/mol. The number of amides is 2. The van der Waals surface area contributed by atoms with E-state index in [-0.39, 0.29) is 11.8 Å². The molecule has 7 heteroatoms. The second kappa shape index (κ2) is 9.12. The van der Waals surface area contributed by atoms with Gasteiger partial charge in [-0.25, -0.2) is 5.90 Å². The predicted octanol–water partition coefficient (Wildman–Crippen LogP) is 1.13. The van der Waals surface area contributed by atoms with Crippen LogP contribution in [0.25, 0.3) is 0 Å². The lowest BCUT2D eigenvalue weighted by Gasteiger charge is -2.17. The highest BCUT2D eigenvalue weighted by atomic mass is 16.6. The molecule has 1 aromatic rings. The highest BCUT2D eigenvalue weighted by molar-refractivity contribution is 5.93. The number of carbonyl (C=O) groups excluding carboxylic acids is 2. The molecule has 1 aliphatic rings. The Labute approximate surface area is 135 Å². The quantitative estimate of drug-likeness (QED) is 0.467. The molecule has 23 heavy (non-hydrogen) atoms. The molecule has 1 aromatic carbocycles. The molecule has 1 aliphatic heterocycles. The number of nitrogens with one attached hydrogen (secondary N) is 2. The summed E-state index contributed by atoms with van der Waals surface area (Å²) in [5.74, 6) is 5.71. The summed E-state index contributed by atoms with van der Waals surface area (Å²) in [6.45, 7) is 1.47. The minimum absolute atomic E-state index is 0.00113. The Kier molecular flexibility index (Phi) is 6.83. The van der Waals surface area contributed by atoms with E-state index in [0.29, 0.717) is 45.4 Å². The highest BCUT2D eigenvalue weighted by Gasteiger charge is 2.14. The Bertz CT molecular complexity index is 548. The number of aryl methyl sites for hydroxylation is 1. The fraction of sp³-hybridized carbons (Fsp3) is 0.500. The number of ether oxygens (including phenoxy) is 1. The third kappa shape index (κ3) is 5.88. The largest absolute Gasteiger partial charge is 0.494 e. The first-order valence-electron chi connectivity index (χ1n) is 7.83. The molecule has 0 unspecified atom stereocenters. The van der Waals surface area contributed by atoms with Gasteiger partial charge < -0.3 is 20.2 Å². The molecule has 0 radical (unpaired) electrons. The van der Waals surface area contributed by atoms with Crippen molar-refractivity contribution in [2.45, 2.75) is 32.1 Å². The minimum Gasteiger partial charge on any atom is -0.494 e. The van der Waals surface area contributed by atoms with E-state index in [2.05, 4.69) is 15.5 Å². The zero-order valence-corrected chi connectivity index (χ0v) is 13.1. The van der Waals surface area contributed by atoms with Gasteiger partial charge in [0.1, 0.15) is 5.75 Å². The Morgan fingerprint density at radius 2 is 2.13 bits per heavy atom. The van der Waals surface area contributed by atoms with Crippen molar-refractivity contribution in [3.05, 3.63) is 23.8 Å². The maximum atomic E-state index is 11.6. The van der Waals surface area contributed by atoms with Crippen molar-refractivity contribution in [1.82, 2.24) is 5.32 Å². The van der Waals surface area contributed by atoms with Gasteiger partial charge in [0.15, 0.2) is 0 Å². The van der Waals surface area contributed by atoms with Gasteiger partial charge in [0.05, 0.1) is 13.2 Å². The van der Waals surface area contributed by atoms with Gasteiger partial charge in [-0.05, 0) is 43.0 Å². The van der Waals surface area contributed by atoms with Crippen molar-refractivity contribution < 1.29 is 19.2 Å². The normalized spacial score (nSPS) is 13.2. The number of hydrogen-bond donors (Lipinski definition) is 3. The van der Waals surface area contributed by atoms with Gasteiger partial charge in [0.2, 0.25) is 11.8 Å². The summed E-state index contributed by atoms with van der Waals surface area (Å²) in [6, 6.07) is 5.63. The van der Waals surface area contributed by atoms with Crippen LogP contribution in [-0.4, -0.2) is 31.6 Å². The SMILES string of the molecule is NOCCCNC(=O)CCCOc1ccc2c(c1)CCC(=O)N2. The van der Waals surface area contributed by atoms with Crippen LogP contribution in [0.5, 0.6) is 5.75 Å². The van der Waals surface area contributed by atoms with Gasteiger partial charge in [-0.3, -0.25) is 9.59 Å². The first-order chi connectivity index (χ1) is 11.2. The Hall–Kier alpha value is -2.12. The number of nitrogens with two attached hydrogens (primary N) is 1. The van der Waals surface area contributed by atoms with Gasteiger partial charge in [0, 0.05) is 25.1 Å². The number of rotatable bonds is 9. The lowest BCUT2D eigenvalue weighted by atomic mass is 10.0. The zero-order valence-electron chi connectivity index (χ0n) is 13.1. The first-order valence-corrected chi connectivity index (χ1v) is 7.83. The third-order valence-corrected chi connectivity index (χ3v) is 3.55. The first kappa shape index (κ1) is 17.2. The third-order valence-electron chi connectivity index (χ3n) is 3.55. The van der Waals surface area contributed by atoms with Gasteiger partial charge in [0.25, 0.3) is 0 Å². The summed E-state index contributed by atoms with van der Waals surface area (Å²) in [6.07, 6.45) is 3.00. The summed E-state index contributed by atoms with van der Waals surface area (Å²) in [5.41, 5.74) is 1.94. The summed E-state index contributed by atoms with van der Waals surface area (Å²) in [4.78, 5) is 27.3. The zero-order chi connectivity index (χ0) is 16.5. The molecule has 2 rings (SSSR count). The Balaban J connectivity index is 1.65. The van der Waals surface area contributed by atoms with E-state index in [1.165, 1.54) is 0 Å². The van der Waals surface area contributed by atoms with Gasteiger partial charge >= 0.3 is 0 Å². The van der Waals surface area contributed by atoms with Gasteiger partial charge in [-0.15, -0.1) is 0 Å². The molecule has 1 heterocycles. The second-order valence-corrected chi connectivity index (χ2v) is 5.39. The number of anilines is 1. The van der Waals surface area contributed by atoms with E-state index in [4.69, 9.17) is 10.6 Å². The molecule has 0 spiro atoms. The van der Waals surface area contributed by atoms with Crippen molar-refractivity contribution in [3.63, 3.8) is 0 Å². The number of benzene rings is 1. The topological polar surface area (TPSA) is 103 Å². The van der Waals surface area contributed by atoms with Crippen LogP contribution in [0.1, 0.15) is 31.2 Å². The van der Waals surface area contributed by atoms with Crippen molar-refractivity contribution >= 4 is 17.5 Å². The van der Waals surface area contributed by atoms with Crippen LogP contribution in [0.2, 0.25) is 0 Å². The molecule has 0 aliphatic carbocycles. The lowest BCUT2D eigenvalue weighted by Crippen LogP contribution is -2.25. The van der Waals surface area contributed by atoms with Gasteiger partial charge in [-0.2, -0.15) is 0 Å². The average Bonchev–Trinajstić information content (AvgIpc) is 2.55. The van der Waals surface area contributed by atoms with E-state index in [1.54, 1.807) is 0 Å². The molecule has 0 atom stereocenters. The minimum atomic E-state index is -0.00113. The summed E-state index contributed by atoms with van der Waals surface area (Å²) in [7, 11) is 0. The fourth-order valence-corrected chi connectivity index (χ4v) is 2.34. The number of hydrogen-bond acceptors (Lipinski definition) is 5. The molecular formula is C16H23N3O4. The van der Waals surface area contributed by atoms with Crippen molar-refractivity contribution in [2.75, 3.05) is 25.1 Å². The molecule has 0 aromatic heterocycles. The second-order valence-electron chi connectivity index (χ2n) is 5.39.